The molecule has 0 saturated carbocycles. The summed E-state index contributed by atoms with van der Waals surface area (Å²) in [7, 11) is 0. The summed E-state index contributed by atoms with van der Waals surface area (Å²) >= 11 is 0. The zero-order valence-corrected chi connectivity index (χ0v) is 11.1. The van der Waals surface area contributed by atoms with E-state index < -0.39 is 0 Å². The van der Waals surface area contributed by atoms with Crippen molar-refractivity contribution in [2.24, 2.45) is 0 Å². The summed E-state index contributed by atoms with van der Waals surface area (Å²) in [6.45, 7) is 0. The lowest BCUT2D eigenvalue weighted by molar-refractivity contribution is -0.116. The van der Waals surface area contributed by atoms with Crippen molar-refractivity contribution in [2.75, 3.05) is 5.32 Å². The summed E-state index contributed by atoms with van der Waals surface area (Å²) in [4.78, 5) is 26.8. The molecule has 1 aliphatic rings. The van der Waals surface area contributed by atoms with Gasteiger partial charge in [0.15, 0.2) is 0 Å². The van der Waals surface area contributed by atoms with Crippen LogP contribution in [0.5, 0.6) is 0 Å². The third kappa shape index (κ3) is 1.84. The van der Waals surface area contributed by atoms with Crippen molar-refractivity contribution in [1.82, 2.24) is 14.8 Å². The molecule has 2 aromatic heterocycles. The highest BCUT2D eigenvalue weighted by molar-refractivity contribution is 6.00. The van der Waals surface area contributed by atoms with E-state index in [1.807, 2.05) is 30.5 Å². The van der Waals surface area contributed by atoms with Crippen molar-refractivity contribution in [3.63, 3.8) is 0 Å². The fraction of sp³-hybridized carbons (Fsp3) is 0.133. The van der Waals surface area contributed by atoms with Crippen LogP contribution < -0.4 is 5.32 Å². The number of carbonyl (C=O) groups excluding carboxylic acids is 2. The fourth-order valence-electron chi connectivity index (χ4n) is 2.61. The zero-order valence-electron chi connectivity index (χ0n) is 11.1. The fourth-order valence-corrected chi connectivity index (χ4v) is 2.61. The number of aromatic nitrogens is 3. The number of H-pyrrole nitrogens is 1. The average molecular weight is 280 g/mol. The Labute approximate surface area is 119 Å². The van der Waals surface area contributed by atoms with Gasteiger partial charge >= 0.3 is 0 Å². The van der Waals surface area contributed by atoms with E-state index in [0.29, 0.717) is 11.5 Å². The number of benzene rings is 1. The van der Waals surface area contributed by atoms with Crippen LogP contribution in [0.25, 0.3) is 22.2 Å². The predicted molar refractivity (Wildman–Crippen MR) is 78.0 cm³/mol. The van der Waals surface area contributed by atoms with Crippen molar-refractivity contribution in [3.8, 4) is 11.3 Å². The first-order chi connectivity index (χ1) is 10.2. The Balaban J connectivity index is 1.87. The molecule has 1 aromatic carbocycles. The summed E-state index contributed by atoms with van der Waals surface area (Å²) in [5.74, 6) is 0.102. The first kappa shape index (κ1) is 11.9. The Morgan fingerprint density at radius 3 is 2.90 bits per heavy atom. The second-order valence-electron chi connectivity index (χ2n) is 5.02. The van der Waals surface area contributed by atoms with Crippen molar-refractivity contribution >= 4 is 28.5 Å². The van der Waals surface area contributed by atoms with Crippen LogP contribution in [-0.4, -0.2) is 26.6 Å². The SMILES string of the molecule is O=C1CCC(=O)n2nc(-c3c[nH]c4ccccc34)cc2N1. The standard InChI is InChI=1S/C15H12N4O2/c20-14-5-6-15(21)19-13(17-14)7-12(18-19)10-8-16-11-4-2-1-3-9(10)11/h1-4,7-8,16H,5-6H2,(H,17,20). The molecular formula is C15H12N4O2. The second kappa shape index (κ2) is 4.31. The zero-order chi connectivity index (χ0) is 14.4. The molecule has 0 spiro atoms. The topological polar surface area (TPSA) is 79.8 Å². The van der Waals surface area contributed by atoms with E-state index in [1.165, 1.54) is 4.68 Å². The maximum Gasteiger partial charge on any atom is 0.249 e. The largest absolute Gasteiger partial charge is 0.360 e. The molecule has 3 heterocycles. The molecule has 4 rings (SSSR count). The van der Waals surface area contributed by atoms with Crippen LogP contribution >= 0.6 is 0 Å². The quantitative estimate of drug-likeness (QED) is 0.718. The molecule has 0 aliphatic carbocycles. The summed E-state index contributed by atoms with van der Waals surface area (Å²) < 4.78 is 1.28. The number of carbonyl (C=O) groups is 2. The third-order valence-electron chi connectivity index (χ3n) is 3.64. The van der Waals surface area contributed by atoms with Gasteiger partial charge in [-0.2, -0.15) is 9.78 Å². The van der Waals surface area contributed by atoms with Crippen molar-refractivity contribution < 1.29 is 9.59 Å². The molecule has 1 amide bonds. The lowest BCUT2D eigenvalue weighted by atomic mass is 10.1. The summed E-state index contributed by atoms with van der Waals surface area (Å²) in [6.07, 6.45) is 2.23. The number of anilines is 1. The van der Waals surface area contributed by atoms with Gasteiger partial charge in [-0.3, -0.25) is 9.59 Å². The molecule has 21 heavy (non-hydrogen) atoms. The summed E-state index contributed by atoms with van der Waals surface area (Å²) in [5.41, 5.74) is 2.58. The number of nitrogens with one attached hydrogen (secondary N) is 2. The number of rotatable bonds is 1. The van der Waals surface area contributed by atoms with Crippen LogP contribution in [0, 0.1) is 0 Å². The van der Waals surface area contributed by atoms with Gasteiger partial charge in [0, 0.05) is 41.6 Å². The average Bonchev–Trinajstić information content (AvgIpc) is 3.05. The Morgan fingerprint density at radius 1 is 1.14 bits per heavy atom. The van der Waals surface area contributed by atoms with Gasteiger partial charge in [-0.05, 0) is 6.07 Å². The van der Waals surface area contributed by atoms with Crippen LogP contribution in [0.4, 0.5) is 5.82 Å². The first-order valence-corrected chi connectivity index (χ1v) is 6.72. The number of fused-ring (bicyclic) bond motifs is 2. The third-order valence-corrected chi connectivity index (χ3v) is 3.64. The molecule has 0 fully saturated rings. The molecule has 0 atom stereocenters. The van der Waals surface area contributed by atoms with Crippen molar-refractivity contribution in [3.05, 3.63) is 36.5 Å². The van der Waals surface area contributed by atoms with E-state index in [4.69, 9.17) is 0 Å². The van der Waals surface area contributed by atoms with Gasteiger partial charge in [0.25, 0.3) is 0 Å². The highest BCUT2D eigenvalue weighted by atomic mass is 16.2. The molecule has 104 valence electrons. The molecule has 0 radical (unpaired) electrons. The minimum absolute atomic E-state index is 0.160. The molecule has 6 heteroatoms. The van der Waals surface area contributed by atoms with E-state index in [0.717, 1.165) is 16.5 Å². The van der Waals surface area contributed by atoms with Gasteiger partial charge in [0.2, 0.25) is 11.8 Å². The monoisotopic (exact) mass is 280 g/mol. The summed E-state index contributed by atoms with van der Waals surface area (Å²) in [6, 6.07) is 9.61. The molecule has 0 saturated heterocycles. The highest BCUT2D eigenvalue weighted by Gasteiger charge is 2.22. The maximum absolute atomic E-state index is 12.0. The van der Waals surface area contributed by atoms with Gasteiger partial charge in [-0.1, -0.05) is 18.2 Å². The number of nitrogens with zero attached hydrogens (tertiary/aromatic N) is 2. The van der Waals surface area contributed by atoms with Gasteiger partial charge < -0.3 is 10.3 Å². The summed E-state index contributed by atoms with van der Waals surface area (Å²) in [5, 5.41) is 8.10. The molecule has 3 aromatic rings. The maximum atomic E-state index is 12.0. The number of aromatic amines is 1. The van der Waals surface area contributed by atoms with Crippen LogP contribution in [0.15, 0.2) is 36.5 Å². The molecule has 1 aliphatic heterocycles. The molecule has 0 bridgehead atoms. The number of hydrogen-bond acceptors (Lipinski definition) is 3. The Bertz CT molecular complexity index is 875. The van der Waals surface area contributed by atoms with Gasteiger partial charge in [-0.25, -0.2) is 0 Å². The molecule has 0 unspecified atom stereocenters. The predicted octanol–water partition coefficient (Wildman–Crippen LogP) is 2.40. The van der Waals surface area contributed by atoms with Gasteiger partial charge in [-0.15, -0.1) is 0 Å². The van der Waals surface area contributed by atoms with Gasteiger partial charge in [0.1, 0.15) is 5.82 Å². The van der Waals surface area contributed by atoms with Crippen LogP contribution in [0.3, 0.4) is 0 Å². The smallest absolute Gasteiger partial charge is 0.249 e. The Morgan fingerprint density at radius 2 is 2.00 bits per heavy atom. The highest BCUT2D eigenvalue weighted by Crippen LogP contribution is 2.30. The van der Waals surface area contributed by atoms with E-state index in [-0.39, 0.29) is 24.7 Å². The second-order valence-corrected chi connectivity index (χ2v) is 5.02. The normalized spacial score (nSPS) is 14.9. The molecule has 6 nitrogen and oxygen atoms in total. The number of para-hydroxylation sites is 1. The minimum atomic E-state index is -0.172. The minimum Gasteiger partial charge on any atom is -0.360 e. The number of hydrogen-bond donors (Lipinski definition) is 2. The van der Waals surface area contributed by atoms with Gasteiger partial charge in [0.05, 0.1) is 5.69 Å². The number of amides is 1. The molecular weight excluding hydrogens is 268 g/mol. The van der Waals surface area contributed by atoms with E-state index in [2.05, 4.69) is 15.4 Å². The Kier molecular flexibility index (Phi) is 2.44. The Hall–Kier alpha value is -2.89. The van der Waals surface area contributed by atoms with Crippen LogP contribution in [0.1, 0.15) is 17.6 Å². The lowest BCUT2D eigenvalue weighted by Gasteiger charge is -1.98. The van der Waals surface area contributed by atoms with Crippen LogP contribution in [-0.2, 0) is 4.79 Å². The molecule has 2 N–H and O–H groups in total. The van der Waals surface area contributed by atoms with E-state index >= 15 is 0 Å². The van der Waals surface area contributed by atoms with Crippen LogP contribution in [0.2, 0.25) is 0 Å². The van der Waals surface area contributed by atoms with E-state index in [1.54, 1.807) is 6.07 Å². The lowest BCUT2D eigenvalue weighted by Crippen LogP contribution is -2.12. The van der Waals surface area contributed by atoms with Crippen molar-refractivity contribution in [2.45, 2.75) is 12.8 Å². The van der Waals surface area contributed by atoms with Crippen molar-refractivity contribution in [1.29, 1.82) is 0 Å². The van der Waals surface area contributed by atoms with E-state index in [9.17, 15) is 9.59 Å². The first-order valence-electron chi connectivity index (χ1n) is 6.72.